The SMILES string of the molecule is O=C=Nc1cnc2cccnn12. The van der Waals surface area contributed by atoms with Crippen LogP contribution >= 0.6 is 0 Å². The highest BCUT2D eigenvalue weighted by Gasteiger charge is 1.99. The van der Waals surface area contributed by atoms with Crippen molar-refractivity contribution >= 4 is 17.5 Å². The molecule has 0 aliphatic rings. The first-order chi connectivity index (χ1) is 5.92. The zero-order valence-electron chi connectivity index (χ0n) is 6.01. The van der Waals surface area contributed by atoms with Gasteiger partial charge in [0.25, 0.3) is 0 Å². The molecule has 0 N–H and O–H groups in total. The van der Waals surface area contributed by atoms with E-state index in [1.165, 1.54) is 16.8 Å². The van der Waals surface area contributed by atoms with Crippen LogP contribution in [0.15, 0.2) is 29.5 Å². The van der Waals surface area contributed by atoms with Crippen LogP contribution in [0.25, 0.3) is 5.65 Å². The van der Waals surface area contributed by atoms with Crippen LogP contribution in [-0.2, 0) is 4.79 Å². The Hall–Kier alpha value is -2.00. The van der Waals surface area contributed by atoms with E-state index >= 15 is 0 Å². The van der Waals surface area contributed by atoms with E-state index in [1.807, 2.05) is 0 Å². The van der Waals surface area contributed by atoms with Crippen molar-refractivity contribution in [1.29, 1.82) is 0 Å². The zero-order valence-corrected chi connectivity index (χ0v) is 6.01. The fourth-order valence-corrected chi connectivity index (χ4v) is 0.940. The summed E-state index contributed by atoms with van der Waals surface area (Å²) in [5.74, 6) is 0.389. The molecule has 12 heavy (non-hydrogen) atoms. The van der Waals surface area contributed by atoms with Crippen LogP contribution in [0.2, 0.25) is 0 Å². The topological polar surface area (TPSA) is 59.6 Å². The molecule has 0 unspecified atom stereocenters. The van der Waals surface area contributed by atoms with E-state index in [4.69, 9.17) is 0 Å². The predicted molar refractivity (Wildman–Crippen MR) is 40.8 cm³/mol. The number of aromatic nitrogens is 3. The van der Waals surface area contributed by atoms with Crippen molar-refractivity contribution in [3.8, 4) is 0 Å². The van der Waals surface area contributed by atoms with E-state index < -0.39 is 0 Å². The van der Waals surface area contributed by atoms with Crippen molar-refractivity contribution in [1.82, 2.24) is 14.6 Å². The summed E-state index contributed by atoms with van der Waals surface area (Å²) in [5.41, 5.74) is 0.659. The van der Waals surface area contributed by atoms with Gasteiger partial charge in [-0.2, -0.15) is 9.61 Å². The minimum Gasteiger partial charge on any atom is -0.233 e. The third-order valence-corrected chi connectivity index (χ3v) is 1.42. The summed E-state index contributed by atoms with van der Waals surface area (Å²) in [7, 11) is 0. The molecular weight excluding hydrogens is 156 g/mol. The predicted octanol–water partition coefficient (Wildman–Crippen LogP) is 0.697. The number of imidazole rings is 1. The molecule has 0 aromatic carbocycles. The molecule has 5 nitrogen and oxygen atoms in total. The number of carbonyl (C=O) groups excluding carboxylic acids is 1. The Morgan fingerprint density at radius 3 is 3.33 bits per heavy atom. The van der Waals surface area contributed by atoms with Crippen molar-refractivity contribution in [2.75, 3.05) is 0 Å². The van der Waals surface area contributed by atoms with Crippen molar-refractivity contribution < 1.29 is 4.79 Å². The summed E-state index contributed by atoms with van der Waals surface area (Å²) in [4.78, 5) is 17.3. The van der Waals surface area contributed by atoms with E-state index in [1.54, 1.807) is 18.3 Å². The number of rotatable bonds is 1. The Bertz CT molecular complexity index is 455. The summed E-state index contributed by atoms with van der Waals surface area (Å²) < 4.78 is 1.46. The molecular formula is C7H4N4O. The lowest BCUT2D eigenvalue weighted by Crippen LogP contribution is -1.87. The van der Waals surface area contributed by atoms with Crippen LogP contribution in [0.1, 0.15) is 0 Å². The molecule has 2 aromatic heterocycles. The van der Waals surface area contributed by atoms with Crippen LogP contribution in [0.4, 0.5) is 5.82 Å². The summed E-state index contributed by atoms with van der Waals surface area (Å²) >= 11 is 0. The van der Waals surface area contributed by atoms with Gasteiger partial charge in [-0.05, 0) is 12.1 Å². The Labute approximate surface area is 67.4 Å². The normalized spacial score (nSPS) is 9.67. The molecule has 0 aliphatic carbocycles. The van der Waals surface area contributed by atoms with Gasteiger partial charge in [0, 0.05) is 6.20 Å². The first-order valence-electron chi connectivity index (χ1n) is 3.28. The first-order valence-corrected chi connectivity index (χ1v) is 3.28. The largest absolute Gasteiger partial charge is 0.242 e. The monoisotopic (exact) mass is 160 g/mol. The number of hydrogen-bond donors (Lipinski definition) is 0. The molecule has 0 aliphatic heterocycles. The van der Waals surface area contributed by atoms with Crippen molar-refractivity contribution in [3.63, 3.8) is 0 Å². The number of aliphatic imine (C=N–C) groups is 1. The van der Waals surface area contributed by atoms with Gasteiger partial charge < -0.3 is 0 Å². The Balaban J connectivity index is 2.78. The maximum Gasteiger partial charge on any atom is 0.242 e. The summed E-state index contributed by atoms with van der Waals surface area (Å²) in [6.07, 6.45) is 4.50. The number of hydrogen-bond acceptors (Lipinski definition) is 4. The van der Waals surface area contributed by atoms with E-state index in [0.717, 1.165) is 0 Å². The molecule has 0 bridgehead atoms. The first kappa shape index (κ1) is 6.69. The Kier molecular flexibility index (Phi) is 1.43. The summed E-state index contributed by atoms with van der Waals surface area (Å²) in [5, 5.41) is 3.94. The van der Waals surface area contributed by atoms with E-state index in [0.29, 0.717) is 11.5 Å². The molecule has 0 atom stereocenters. The van der Waals surface area contributed by atoms with Crippen LogP contribution in [-0.4, -0.2) is 20.7 Å². The lowest BCUT2D eigenvalue weighted by Gasteiger charge is -1.89. The molecule has 2 rings (SSSR count). The number of isocyanates is 1. The third-order valence-electron chi connectivity index (χ3n) is 1.42. The van der Waals surface area contributed by atoms with E-state index in [9.17, 15) is 4.79 Å². The second kappa shape index (κ2) is 2.56. The maximum absolute atomic E-state index is 9.96. The molecule has 2 heterocycles. The van der Waals surface area contributed by atoms with Gasteiger partial charge in [0.05, 0.1) is 6.20 Å². The number of fused-ring (bicyclic) bond motifs is 1. The molecule has 2 aromatic rings. The van der Waals surface area contributed by atoms with Crippen molar-refractivity contribution in [3.05, 3.63) is 24.5 Å². The molecule has 0 saturated carbocycles. The van der Waals surface area contributed by atoms with Crippen LogP contribution in [0, 0.1) is 0 Å². The van der Waals surface area contributed by atoms with Crippen LogP contribution < -0.4 is 0 Å². The van der Waals surface area contributed by atoms with Gasteiger partial charge in [-0.3, -0.25) is 0 Å². The molecule has 0 radical (unpaired) electrons. The van der Waals surface area contributed by atoms with Gasteiger partial charge in [0.2, 0.25) is 6.08 Å². The quantitative estimate of drug-likeness (QED) is 0.455. The summed E-state index contributed by atoms with van der Waals surface area (Å²) in [6, 6.07) is 3.54. The molecule has 0 amide bonds. The van der Waals surface area contributed by atoms with Gasteiger partial charge in [-0.1, -0.05) is 0 Å². The lowest BCUT2D eigenvalue weighted by molar-refractivity contribution is 0.565. The fraction of sp³-hybridized carbons (Fsp3) is 0. The molecule has 58 valence electrons. The van der Waals surface area contributed by atoms with Gasteiger partial charge in [-0.25, -0.2) is 9.78 Å². The summed E-state index contributed by atoms with van der Waals surface area (Å²) in [6.45, 7) is 0. The highest BCUT2D eigenvalue weighted by atomic mass is 16.1. The van der Waals surface area contributed by atoms with Crippen molar-refractivity contribution in [2.45, 2.75) is 0 Å². The Morgan fingerprint density at radius 1 is 1.58 bits per heavy atom. The van der Waals surface area contributed by atoms with Gasteiger partial charge in [0.15, 0.2) is 11.5 Å². The van der Waals surface area contributed by atoms with Gasteiger partial charge in [-0.15, -0.1) is 4.99 Å². The van der Waals surface area contributed by atoms with E-state index in [2.05, 4.69) is 15.1 Å². The maximum atomic E-state index is 9.96. The third kappa shape index (κ3) is 0.889. The molecule has 0 saturated heterocycles. The molecule has 5 heteroatoms. The van der Waals surface area contributed by atoms with Gasteiger partial charge >= 0.3 is 0 Å². The average molecular weight is 160 g/mol. The average Bonchev–Trinajstić information content (AvgIpc) is 2.50. The zero-order chi connectivity index (χ0) is 8.39. The van der Waals surface area contributed by atoms with Crippen LogP contribution in [0.3, 0.4) is 0 Å². The molecule has 0 fully saturated rings. The minimum absolute atomic E-state index is 0.389. The van der Waals surface area contributed by atoms with Crippen LogP contribution in [0.5, 0.6) is 0 Å². The minimum atomic E-state index is 0.389. The second-order valence-corrected chi connectivity index (χ2v) is 2.11. The van der Waals surface area contributed by atoms with Gasteiger partial charge in [0.1, 0.15) is 0 Å². The highest BCUT2D eigenvalue weighted by molar-refractivity contribution is 5.50. The fourth-order valence-electron chi connectivity index (χ4n) is 0.940. The Morgan fingerprint density at radius 2 is 2.50 bits per heavy atom. The lowest BCUT2D eigenvalue weighted by atomic mass is 10.6. The van der Waals surface area contributed by atoms with Crippen molar-refractivity contribution in [2.24, 2.45) is 4.99 Å². The van der Waals surface area contributed by atoms with E-state index in [-0.39, 0.29) is 0 Å². The highest BCUT2D eigenvalue weighted by Crippen LogP contribution is 2.10. The smallest absolute Gasteiger partial charge is 0.233 e. The standard InChI is InChI=1S/C7H4N4O/c12-5-9-7-4-8-6-2-1-3-10-11(6)7/h1-4H. The molecule has 0 spiro atoms. The second-order valence-electron chi connectivity index (χ2n) is 2.11. The number of nitrogens with zero attached hydrogens (tertiary/aromatic N) is 4.